The summed E-state index contributed by atoms with van der Waals surface area (Å²) >= 11 is 0. The van der Waals surface area contributed by atoms with Gasteiger partial charge in [0, 0.05) is 6.42 Å². The largest absolute Gasteiger partial charge is 0.265 e. The zero-order valence-electron chi connectivity index (χ0n) is 12.9. The molecule has 114 valence electrons. The molecule has 1 aliphatic rings. The van der Waals surface area contributed by atoms with Gasteiger partial charge in [-0.1, -0.05) is 78.9 Å². The average molecular weight is 301 g/mol. The number of nitrogens with zero attached hydrogens (tertiary/aromatic N) is 1. The van der Waals surface area contributed by atoms with E-state index in [2.05, 4.69) is 83.9 Å². The molecule has 0 bridgehead atoms. The lowest BCUT2D eigenvalue weighted by Crippen LogP contribution is -2.21. The summed E-state index contributed by atoms with van der Waals surface area (Å²) in [6.07, 6.45) is 1.03. The molecule has 4 rings (SSSR count). The number of para-hydroxylation sites is 1. The quantitative estimate of drug-likeness (QED) is 0.650. The minimum absolute atomic E-state index is 0.0848. The summed E-state index contributed by atoms with van der Waals surface area (Å²) in [6, 6.07) is 31.6. The molecule has 2 atom stereocenters. The Morgan fingerprint density at radius 3 is 1.78 bits per heavy atom. The van der Waals surface area contributed by atoms with Crippen molar-refractivity contribution in [2.45, 2.75) is 18.6 Å². The second kappa shape index (κ2) is 6.27. The Hall–Kier alpha value is -2.58. The van der Waals surface area contributed by atoms with E-state index in [1.54, 1.807) is 0 Å². The van der Waals surface area contributed by atoms with Crippen LogP contribution in [-0.4, -0.2) is 0 Å². The molecule has 23 heavy (non-hydrogen) atoms. The molecule has 0 N–H and O–H groups in total. The lowest BCUT2D eigenvalue weighted by atomic mass is 9.98. The molecule has 1 fully saturated rings. The summed E-state index contributed by atoms with van der Waals surface area (Å²) in [5.74, 6) is 0. The highest BCUT2D eigenvalue weighted by Crippen LogP contribution is 2.43. The van der Waals surface area contributed by atoms with E-state index >= 15 is 0 Å². The molecule has 0 saturated carbocycles. The van der Waals surface area contributed by atoms with Crippen molar-refractivity contribution in [3.8, 4) is 0 Å². The minimum atomic E-state index is 0.0848. The lowest BCUT2D eigenvalue weighted by Gasteiger charge is -2.25. The van der Waals surface area contributed by atoms with Gasteiger partial charge in [0.05, 0.1) is 11.7 Å². The van der Waals surface area contributed by atoms with Crippen molar-refractivity contribution in [1.29, 1.82) is 0 Å². The van der Waals surface area contributed by atoms with Crippen molar-refractivity contribution in [3.05, 3.63) is 102 Å². The standard InChI is InChI=1S/C21H19NO/c1-4-10-17(11-5-1)20-16-21(18-12-6-2-7-13-18)23-22(20)19-14-8-3-9-15-19/h1-15,20-21H,16H2. The molecule has 0 aliphatic carbocycles. The average Bonchev–Trinajstić information content (AvgIpc) is 3.09. The molecule has 3 aromatic rings. The van der Waals surface area contributed by atoms with Crippen molar-refractivity contribution in [2.24, 2.45) is 0 Å². The van der Waals surface area contributed by atoms with Gasteiger partial charge in [-0.2, -0.15) is 0 Å². The molecule has 2 heteroatoms. The van der Waals surface area contributed by atoms with Gasteiger partial charge in [-0.3, -0.25) is 4.84 Å². The molecular formula is C21H19NO. The van der Waals surface area contributed by atoms with Gasteiger partial charge in [0.25, 0.3) is 0 Å². The van der Waals surface area contributed by atoms with E-state index in [4.69, 9.17) is 4.84 Å². The van der Waals surface area contributed by atoms with Gasteiger partial charge in [0.1, 0.15) is 6.10 Å². The summed E-state index contributed by atoms with van der Waals surface area (Å²) in [5.41, 5.74) is 3.61. The number of hydrogen-bond acceptors (Lipinski definition) is 2. The Bertz CT molecular complexity index is 695. The summed E-state index contributed by atoms with van der Waals surface area (Å²) in [4.78, 5) is 6.33. The van der Waals surface area contributed by atoms with Crippen molar-refractivity contribution in [2.75, 3.05) is 5.06 Å². The van der Waals surface area contributed by atoms with Gasteiger partial charge >= 0.3 is 0 Å². The first-order valence-electron chi connectivity index (χ1n) is 8.03. The monoisotopic (exact) mass is 301 g/mol. The van der Waals surface area contributed by atoms with Crippen LogP contribution in [0.1, 0.15) is 29.7 Å². The van der Waals surface area contributed by atoms with Gasteiger partial charge in [0.2, 0.25) is 0 Å². The third-order valence-electron chi connectivity index (χ3n) is 4.33. The Balaban J connectivity index is 1.70. The minimum Gasteiger partial charge on any atom is -0.265 e. The second-order valence-corrected chi connectivity index (χ2v) is 5.83. The van der Waals surface area contributed by atoms with Crippen LogP contribution in [0, 0.1) is 0 Å². The van der Waals surface area contributed by atoms with Crippen LogP contribution in [0.15, 0.2) is 91.0 Å². The molecule has 0 spiro atoms. The molecular weight excluding hydrogens is 282 g/mol. The highest BCUT2D eigenvalue weighted by atomic mass is 16.7. The molecule has 1 saturated heterocycles. The fourth-order valence-corrected chi connectivity index (χ4v) is 3.18. The number of anilines is 1. The van der Waals surface area contributed by atoms with Gasteiger partial charge in [-0.15, -0.1) is 0 Å². The first kappa shape index (κ1) is 14.0. The highest BCUT2D eigenvalue weighted by molar-refractivity contribution is 5.47. The Morgan fingerprint density at radius 1 is 0.652 bits per heavy atom. The van der Waals surface area contributed by atoms with Crippen LogP contribution in [-0.2, 0) is 4.84 Å². The van der Waals surface area contributed by atoms with Crippen LogP contribution in [0.4, 0.5) is 5.69 Å². The Morgan fingerprint density at radius 2 is 1.17 bits per heavy atom. The smallest absolute Gasteiger partial charge is 0.113 e. The van der Waals surface area contributed by atoms with Crippen LogP contribution < -0.4 is 5.06 Å². The van der Waals surface area contributed by atoms with Crippen LogP contribution in [0.2, 0.25) is 0 Å². The SMILES string of the molecule is c1ccc(C2CC(c3ccccc3)N(c3ccccc3)O2)cc1. The van der Waals surface area contributed by atoms with E-state index in [1.165, 1.54) is 11.1 Å². The van der Waals surface area contributed by atoms with E-state index in [0.29, 0.717) is 0 Å². The van der Waals surface area contributed by atoms with Gasteiger partial charge in [-0.25, -0.2) is 5.06 Å². The van der Waals surface area contributed by atoms with Crippen molar-refractivity contribution in [1.82, 2.24) is 0 Å². The second-order valence-electron chi connectivity index (χ2n) is 5.83. The fourth-order valence-electron chi connectivity index (χ4n) is 3.18. The maximum Gasteiger partial charge on any atom is 0.113 e. The normalized spacial score (nSPS) is 20.6. The molecule has 1 heterocycles. The number of benzene rings is 3. The number of hydroxylamine groups is 1. The van der Waals surface area contributed by atoms with E-state index < -0.39 is 0 Å². The zero-order chi connectivity index (χ0) is 15.5. The van der Waals surface area contributed by atoms with Gasteiger partial charge in [-0.05, 0) is 23.3 Å². The van der Waals surface area contributed by atoms with Gasteiger partial charge < -0.3 is 0 Å². The predicted octanol–water partition coefficient (Wildman–Crippen LogP) is 5.31. The van der Waals surface area contributed by atoms with E-state index in [9.17, 15) is 0 Å². The van der Waals surface area contributed by atoms with Crippen LogP contribution in [0.3, 0.4) is 0 Å². The maximum atomic E-state index is 6.33. The van der Waals surface area contributed by atoms with Gasteiger partial charge in [0.15, 0.2) is 0 Å². The fraction of sp³-hybridized carbons (Fsp3) is 0.143. The molecule has 0 radical (unpaired) electrons. The first-order valence-corrected chi connectivity index (χ1v) is 8.03. The number of hydrogen-bond donors (Lipinski definition) is 0. The Kier molecular flexibility index (Phi) is 3.83. The summed E-state index contributed by atoms with van der Waals surface area (Å²) < 4.78 is 0. The van der Waals surface area contributed by atoms with Crippen molar-refractivity contribution < 1.29 is 4.84 Å². The topological polar surface area (TPSA) is 12.5 Å². The van der Waals surface area contributed by atoms with Crippen LogP contribution in [0.25, 0.3) is 0 Å². The summed E-state index contributed by atoms with van der Waals surface area (Å²) in [7, 11) is 0. The number of rotatable bonds is 3. The van der Waals surface area contributed by atoms with Crippen molar-refractivity contribution in [3.63, 3.8) is 0 Å². The van der Waals surface area contributed by atoms with E-state index in [0.717, 1.165) is 12.1 Å². The van der Waals surface area contributed by atoms with Crippen LogP contribution >= 0.6 is 0 Å². The molecule has 3 aromatic carbocycles. The third kappa shape index (κ3) is 2.86. The molecule has 0 amide bonds. The van der Waals surface area contributed by atoms with Crippen LogP contribution in [0.5, 0.6) is 0 Å². The summed E-state index contributed by atoms with van der Waals surface area (Å²) in [5, 5.41) is 2.06. The predicted molar refractivity (Wildman–Crippen MR) is 93.0 cm³/mol. The van der Waals surface area contributed by atoms with E-state index in [-0.39, 0.29) is 12.1 Å². The highest BCUT2D eigenvalue weighted by Gasteiger charge is 2.35. The first-order chi connectivity index (χ1) is 11.4. The third-order valence-corrected chi connectivity index (χ3v) is 4.33. The maximum absolute atomic E-state index is 6.33. The van der Waals surface area contributed by atoms with Crippen molar-refractivity contribution >= 4 is 5.69 Å². The lowest BCUT2D eigenvalue weighted by molar-refractivity contribution is 0.0836. The Labute approximate surface area is 136 Å². The van der Waals surface area contributed by atoms with E-state index in [1.807, 2.05) is 12.1 Å². The molecule has 1 aliphatic heterocycles. The molecule has 0 aromatic heterocycles. The zero-order valence-corrected chi connectivity index (χ0v) is 12.9. The summed E-state index contributed by atoms with van der Waals surface area (Å²) in [6.45, 7) is 0. The molecule has 2 unspecified atom stereocenters. The molecule has 2 nitrogen and oxygen atoms in total.